The molecule has 4 rings (SSSR count). The first-order chi connectivity index (χ1) is 20.7. The van der Waals surface area contributed by atoms with E-state index >= 15 is 0 Å². The third-order valence-electron chi connectivity index (χ3n) is 7.01. The Kier molecular flexibility index (Phi) is 11.5. The molecule has 1 saturated heterocycles. The predicted molar refractivity (Wildman–Crippen MR) is 159 cm³/mol. The van der Waals surface area contributed by atoms with Crippen LogP contribution < -0.4 is 10.6 Å². The number of aliphatic hydroxyl groups excluding tert-OH is 2. The van der Waals surface area contributed by atoms with E-state index in [1.165, 1.54) is 0 Å². The van der Waals surface area contributed by atoms with Crippen molar-refractivity contribution in [3.8, 4) is 5.75 Å². The van der Waals surface area contributed by atoms with Crippen molar-refractivity contribution >= 4 is 17.7 Å². The van der Waals surface area contributed by atoms with Gasteiger partial charge >= 0.3 is 12.0 Å². The van der Waals surface area contributed by atoms with E-state index < -0.39 is 24.4 Å². The summed E-state index contributed by atoms with van der Waals surface area (Å²) in [5.74, 6) is -0.419. The summed E-state index contributed by atoms with van der Waals surface area (Å²) >= 11 is 0. The van der Waals surface area contributed by atoms with Gasteiger partial charge < -0.3 is 45.1 Å². The second-order valence-corrected chi connectivity index (χ2v) is 10.4. The summed E-state index contributed by atoms with van der Waals surface area (Å²) < 4.78 is 17.6. The summed E-state index contributed by atoms with van der Waals surface area (Å²) in [6.45, 7) is 2.50. The lowest BCUT2D eigenvalue weighted by molar-refractivity contribution is -0.252. The molecule has 1 fully saturated rings. The largest absolute Gasteiger partial charge is 0.508 e. The molecule has 3 aromatic carbocycles. The Morgan fingerprint density at radius 3 is 2.44 bits per heavy atom. The summed E-state index contributed by atoms with van der Waals surface area (Å²) in [6.07, 6.45) is -1.44. The van der Waals surface area contributed by atoms with Gasteiger partial charge in [-0.05, 0) is 54.9 Å². The maximum absolute atomic E-state index is 12.2. The number of carbonyl (C=O) groups is 2. The highest BCUT2D eigenvalue weighted by atomic mass is 16.7. The number of nitrogens with one attached hydrogen (secondary N) is 2. The molecule has 5 N–H and O–H groups in total. The number of aliphatic hydroxyl groups is 2. The van der Waals surface area contributed by atoms with Crippen LogP contribution in [0, 0.1) is 0 Å². The van der Waals surface area contributed by atoms with Crippen molar-refractivity contribution in [2.75, 3.05) is 38.6 Å². The van der Waals surface area contributed by atoms with Crippen molar-refractivity contribution in [1.29, 1.82) is 0 Å². The number of carbonyl (C=O) groups excluding carboxylic acids is 2. The van der Waals surface area contributed by atoms with E-state index in [1.54, 1.807) is 55.5 Å². The Bertz CT molecular complexity index is 1340. The number of nitrogens with zero attached hydrogens (tertiary/aromatic N) is 1. The van der Waals surface area contributed by atoms with Crippen LogP contribution in [-0.4, -0.2) is 71.6 Å². The summed E-state index contributed by atoms with van der Waals surface area (Å²) in [7, 11) is 1.90. The molecule has 2 amide bonds. The van der Waals surface area contributed by atoms with Crippen molar-refractivity contribution in [1.82, 2.24) is 10.2 Å². The maximum Gasteiger partial charge on any atom is 0.325 e. The number of hydrogen-bond donors (Lipinski definition) is 5. The van der Waals surface area contributed by atoms with Gasteiger partial charge in [0, 0.05) is 30.8 Å². The van der Waals surface area contributed by atoms with Gasteiger partial charge in [0.1, 0.15) is 12.3 Å². The molecule has 11 heteroatoms. The average Bonchev–Trinajstić information content (AvgIpc) is 3.00. The lowest BCUT2D eigenvalue weighted by Crippen LogP contribution is -2.39. The van der Waals surface area contributed by atoms with Crippen LogP contribution in [0.25, 0.3) is 0 Å². The van der Waals surface area contributed by atoms with Crippen LogP contribution in [0.3, 0.4) is 0 Å². The van der Waals surface area contributed by atoms with Gasteiger partial charge in [-0.25, -0.2) is 4.79 Å². The number of rotatable bonds is 12. The normalized spacial score (nSPS) is 19.0. The van der Waals surface area contributed by atoms with Crippen molar-refractivity contribution in [3.05, 3.63) is 95.1 Å². The van der Waals surface area contributed by atoms with Crippen LogP contribution >= 0.6 is 0 Å². The predicted octanol–water partition coefficient (Wildman–Crippen LogP) is 3.78. The molecule has 0 saturated carbocycles. The number of ether oxygens (including phenoxy) is 3. The Morgan fingerprint density at radius 2 is 1.77 bits per heavy atom. The van der Waals surface area contributed by atoms with Gasteiger partial charge in [0.15, 0.2) is 6.29 Å². The number of aromatic hydroxyl groups is 1. The Balaban J connectivity index is 1.43. The van der Waals surface area contributed by atoms with Gasteiger partial charge in [-0.15, -0.1) is 0 Å². The fourth-order valence-electron chi connectivity index (χ4n) is 4.85. The first-order valence-electron chi connectivity index (χ1n) is 14.2. The van der Waals surface area contributed by atoms with Gasteiger partial charge in [-0.1, -0.05) is 48.5 Å². The molecule has 43 heavy (non-hydrogen) atoms. The fourth-order valence-corrected chi connectivity index (χ4v) is 4.85. The molecule has 4 atom stereocenters. The highest BCUT2D eigenvalue weighted by Gasteiger charge is 2.33. The molecule has 0 unspecified atom stereocenters. The van der Waals surface area contributed by atoms with Crippen molar-refractivity contribution in [2.24, 2.45) is 0 Å². The topological polar surface area (TPSA) is 150 Å². The molecule has 0 aromatic heterocycles. The molecule has 1 aliphatic rings. The van der Waals surface area contributed by atoms with Gasteiger partial charge in [-0.3, -0.25) is 4.79 Å². The minimum absolute atomic E-state index is 0.0479. The van der Waals surface area contributed by atoms with Crippen molar-refractivity contribution in [2.45, 2.75) is 44.6 Å². The van der Waals surface area contributed by atoms with E-state index in [-0.39, 0.29) is 37.7 Å². The van der Waals surface area contributed by atoms with Crippen LogP contribution in [0.5, 0.6) is 5.75 Å². The molecule has 0 spiro atoms. The molecule has 0 radical (unpaired) electrons. The third kappa shape index (κ3) is 9.50. The van der Waals surface area contributed by atoms with Crippen LogP contribution in [0.1, 0.15) is 54.1 Å². The molecule has 1 aliphatic heterocycles. The average molecular weight is 594 g/mol. The van der Waals surface area contributed by atoms with Crippen LogP contribution in [-0.2, 0) is 25.6 Å². The molecular formula is C32H39N3O8. The Labute approximate surface area is 251 Å². The van der Waals surface area contributed by atoms with Gasteiger partial charge in [0.25, 0.3) is 0 Å². The Hall–Kier alpha value is -4.00. The van der Waals surface area contributed by atoms with E-state index in [0.717, 1.165) is 16.7 Å². The van der Waals surface area contributed by atoms with E-state index in [2.05, 4.69) is 10.6 Å². The molecule has 230 valence electrons. The molecule has 0 bridgehead atoms. The quantitative estimate of drug-likeness (QED) is 0.198. The minimum Gasteiger partial charge on any atom is -0.508 e. The summed E-state index contributed by atoms with van der Waals surface area (Å²) in [4.78, 5) is 25.6. The van der Waals surface area contributed by atoms with Gasteiger partial charge in [0.2, 0.25) is 0 Å². The number of likely N-dealkylation sites (N-methyl/N-ethyl adjacent to an activating group) is 1. The van der Waals surface area contributed by atoms with Gasteiger partial charge in [-0.2, -0.15) is 0 Å². The van der Waals surface area contributed by atoms with Crippen molar-refractivity contribution < 1.29 is 39.1 Å². The number of phenols is 1. The van der Waals surface area contributed by atoms with Crippen molar-refractivity contribution in [3.63, 3.8) is 0 Å². The van der Waals surface area contributed by atoms with E-state index in [4.69, 9.17) is 14.2 Å². The first kappa shape index (κ1) is 31.9. The summed E-state index contributed by atoms with van der Waals surface area (Å²) in [6, 6.07) is 20.7. The van der Waals surface area contributed by atoms with Gasteiger partial charge in [0.05, 0.1) is 31.5 Å². The lowest BCUT2D eigenvalue weighted by Gasteiger charge is -2.38. The zero-order valence-corrected chi connectivity index (χ0v) is 24.3. The standard InChI is InChI=1S/C32H39N3O8/c1-3-41-30(39)17-33-32(40)34-25-13-11-23(12-14-25)31-42-27(16-29(43-31)22-9-7-21(20-36)8-10-22)18-35(2)19-28(38)24-5-4-6-26(37)15-24/h4-15,27-29,31,36-38H,3,16-20H2,1-2H3,(H2,33,34,40)/t27-,28-,29+,31+/m1/s1. The second kappa shape index (κ2) is 15.5. The molecular weight excluding hydrogens is 554 g/mol. The number of anilines is 1. The zero-order valence-electron chi connectivity index (χ0n) is 24.3. The fraction of sp³-hybridized carbons (Fsp3) is 0.375. The van der Waals surface area contributed by atoms with E-state index in [0.29, 0.717) is 30.8 Å². The number of esters is 1. The smallest absolute Gasteiger partial charge is 0.325 e. The molecule has 11 nitrogen and oxygen atoms in total. The number of benzene rings is 3. The zero-order chi connectivity index (χ0) is 30.8. The minimum atomic E-state index is -0.788. The monoisotopic (exact) mass is 593 g/mol. The number of amides is 2. The van der Waals surface area contributed by atoms with Crippen LogP contribution in [0.2, 0.25) is 0 Å². The van der Waals surface area contributed by atoms with E-state index in [9.17, 15) is 24.9 Å². The third-order valence-corrected chi connectivity index (χ3v) is 7.01. The summed E-state index contributed by atoms with van der Waals surface area (Å²) in [5, 5.41) is 35.1. The summed E-state index contributed by atoms with van der Waals surface area (Å²) in [5.41, 5.74) is 3.66. The maximum atomic E-state index is 12.2. The van der Waals surface area contributed by atoms with E-state index in [1.807, 2.05) is 36.2 Å². The lowest BCUT2D eigenvalue weighted by atomic mass is 9.99. The number of hydrogen-bond acceptors (Lipinski definition) is 9. The number of urea groups is 1. The Morgan fingerprint density at radius 1 is 1.05 bits per heavy atom. The van der Waals surface area contributed by atoms with Crippen LogP contribution in [0.4, 0.5) is 10.5 Å². The number of phenolic OH excluding ortho intramolecular Hbond substituents is 1. The first-order valence-corrected chi connectivity index (χ1v) is 14.2. The molecule has 1 heterocycles. The highest BCUT2D eigenvalue weighted by molar-refractivity contribution is 5.91. The SMILES string of the molecule is CCOC(=O)CNC(=O)Nc1ccc([C@H]2O[C@@H](CN(C)C[C@@H](O)c3cccc(O)c3)C[C@@H](c3ccc(CO)cc3)O2)cc1. The molecule has 0 aliphatic carbocycles. The van der Waals surface area contributed by atoms with Crippen LogP contribution in [0.15, 0.2) is 72.8 Å². The highest BCUT2D eigenvalue weighted by Crippen LogP contribution is 2.38. The molecule has 3 aromatic rings. The second-order valence-electron chi connectivity index (χ2n) is 10.4.